The summed E-state index contributed by atoms with van der Waals surface area (Å²) in [6, 6.07) is 20.8. The number of fused-ring (bicyclic) bond motifs is 3. The molecular formula is C25H22FN3O. The molecule has 3 heterocycles. The van der Waals surface area contributed by atoms with Crippen molar-refractivity contribution in [3.63, 3.8) is 0 Å². The first-order valence-electron chi connectivity index (χ1n) is 10.2. The molecule has 0 saturated carbocycles. The summed E-state index contributed by atoms with van der Waals surface area (Å²) < 4.78 is 15.9. The second-order valence-corrected chi connectivity index (χ2v) is 7.76. The van der Waals surface area contributed by atoms with E-state index >= 15 is 0 Å². The smallest absolute Gasteiger partial charge is 0.257 e. The van der Waals surface area contributed by atoms with Gasteiger partial charge in [0.25, 0.3) is 5.56 Å². The van der Waals surface area contributed by atoms with Crippen LogP contribution in [0.4, 0.5) is 4.39 Å². The molecule has 0 aliphatic carbocycles. The molecule has 4 nitrogen and oxygen atoms in total. The molecular weight excluding hydrogens is 377 g/mol. The minimum atomic E-state index is -0.201. The van der Waals surface area contributed by atoms with Crippen LogP contribution in [0.25, 0.3) is 11.0 Å². The minimum Gasteiger partial charge on any atom is -0.294 e. The molecule has 0 saturated heterocycles. The van der Waals surface area contributed by atoms with E-state index in [1.807, 2.05) is 48.5 Å². The van der Waals surface area contributed by atoms with Crippen molar-refractivity contribution in [2.75, 3.05) is 6.54 Å². The monoisotopic (exact) mass is 399 g/mol. The average Bonchev–Trinajstić information content (AvgIpc) is 2.79. The number of rotatable bonds is 4. The maximum absolute atomic E-state index is 14.1. The lowest BCUT2D eigenvalue weighted by Crippen LogP contribution is -2.37. The van der Waals surface area contributed by atoms with Gasteiger partial charge in [-0.1, -0.05) is 48.5 Å². The highest BCUT2D eigenvalue weighted by Gasteiger charge is 2.24. The summed E-state index contributed by atoms with van der Waals surface area (Å²) in [5.74, 6) is -0.201. The Labute approximate surface area is 174 Å². The van der Waals surface area contributed by atoms with Gasteiger partial charge in [0.15, 0.2) is 0 Å². The molecule has 30 heavy (non-hydrogen) atoms. The van der Waals surface area contributed by atoms with Crippen LogP contribution in [-0.2, 0) is 26.1 Å². The predicted octanol–water partition coefficient (Wildman–Crippen LogP) is 4.14. The van der Waals surface area contributed by atoms with E-state index in [1.165, 1.54) is 6.07 Å². The molecule has 1 aliphatic heterocycles. The number of nitrogens with zero attached hydrogens (tertiary/aromatic N) is 3. The highest BCUT2D eigenvalue weighted by atomic mass is 19.1. The standard InChI is InChI=1S/C25H22FN3O/c26-23-11-5-4-9-19(23)16-28-14-12-20-21-10-6-13-27-24(21)29(25(30)22(20)17-28)15-18-7-2-1-3-8-18/h1-11,13H,12,14-17H2. The Hall–Kier alpha value is -3.31. The summed E-state index contributed by atoms with van der Waals surface area (Å²) in [7, 11) is 0. The first kappa shape index (κ1) is 18.7. The van der Waals surface area contributed by atoms with Gasteiger partial charge in [-0.3, -0.25) is 14.3 Å². The van der Waals surface area contributed by atoms with E-state index in [0.717, 1.165) is 40.7 Å². The largest absolute Gasteiger partial charge is 0.294 e. The van der Waals surface area contributed by atoms with Crippen LogP contribution < -0.4 is 5.56 Å². The SMILES string of the molecule is O=c1c2c(c3cccnc3n1Cc1ccccc1)CCN(Cc1ccccc1F)C2. The molecule has 0 unspecified atom stereocenters. The third kappa shape index (κ3) is 3.42. The Balaban J connectivity index is 1.56. The molecule has 0 N–H and O–H groups in total. The molecule has 2 aromatic heterocycles. The number of hydrogen-bond donors (Lipinski definition) is 0. The number of hydrogen-bond acceptors (Lipinski definition) is 3. The predicted molar refractivity (Wildman–Crippen MR) is 116 cm³/mol. The second-order valence-electron chi connectivity index (χ2n) is 7.76. The molecule has 1 aliphatic rings. The van der Waals surface area contributed by atoms with Gasteiger partial charge in [0, 0.05) is 42.3 Å². The zero-order valence-corrected chi connectivity index (χ0v) is 16.6. The van der Waals surface area contributed by atoms with E-state index in [9.17, 15) is 9.18 Å². The molecule has 0 spiro atoms. The van der Waals surface area contributed by atoms with E-state index in [-0.39, 0.29) is 11.4 Å². The van der Waals surface area contributed by atoms with Crippen LogP contribution in [0.5, 0.6) is 0 Å². The zero-order valence-electron chi connectivity index (χ0n) is 16.6. The highest BCUT2D eigenvalue weighted by molar-refractivity contribution is 5.80. The van der Waals surface area contributed by atoms with Crippen molar-refractivity contribution in [1.29, 1.82) is 0 Å². The Bertz CT molecular complexity index is 1270. The third-order valence-corrected chi connectivity index (χ3v) is 5.83. The Morgan fingerprint density at radius 3 is 2.53 bits per heavy atom. The molecule has 0 fully saturated rings. The molecule has 5 rings (SSSR count). The first-order chi connectivity index (χ1) is 14.7. The topological polar surface area (TPSA) is 38.1 Å². The number of aromatic nitrogens is 2. The van der Waals surface area contributed by atoms with Gasteiger partial charge in [0.1, 0.15) is 11.5 Å². The van der Waals surface area contributed by atoms with Crippen molar-refractivity contribution in [1.82, 2.24) is 14.5 Å². The van der Waals surface area contributed by atoms with E-state index in [4.69, 9.17) is 0 Å². The molecule has 0 bridgehead atoms. The number of pyridine rings is 2. The van der Waals surface area contributed by atoms with Gasteiger partial charge in [0.05, 0.1) is 6.54 Å². The highest BCUT2D eigenvalue weighted by Crippen LogP contribution is 2.25. The average molecular weight is 399 g/mol. The molecule has 0 amide bonds. The summed E-state index contributed by atoms with van der Waals surface area (Å²) in [4.78, 5) is 20.2. The van der Waals surface area contributed by atoms with Crippen molar-refractivity contribution in [2.45, 2.75) is 26.1 Å². The zero-order chi connectivity index (χ0) is 20.5. The Kier molecular flexibility index (Phi) is 4.89. The fourth-order valence-electron chi connectivity index (χ4n) is 4.33. The van der Waals surface area contributed by atoms with Crippen LogP contribution >= 0.6 is 0 Å². The molecule has 4 aromatic rings. The lowest BCUT2D eigenvalue weighted by Gasteiger charge is -2.30. The van der Waals surface area contributed by atoms with Crippen molar-refractivity contribution >= 4 is 11.0 Å². The number of halogens is 1. The molecule has 0 radical (unpaired) electrons. The summed E-state index contributed by atoms with van der Waals surface area (Å²) >= 11 is 0. The van der Waals surface area contributed by atoms with Crippen molar-refractivity contribution in [2.24, 2.45) is 0 Å². The minimum absolute atomic E-state index is 0.00159. The van der Waals surface area contributed by atoms with Gasteiger partial charge >= 0.3 is 0 Å². The van der Waals surface area contributed by atoms with Crippen molar-refractivity contribution < 1.29 is 4.39 Å². The van der Waals surface area contributed by atoms with Gasteiger partial charge in [-0.05, 0) is 35.7 Å². The van der Waals surface area contributed by atoms with Crippen LogP contribution in [0.15, 0.2) is 77.7 Å². The first-order valence-corrected chi connectivity index (χ1v) is 10.2. The van der Waals surface area contributed by atoms with Crippen LogP contribution in [-0.4, -0.2) is 21.0 Å². The van der Waals surface area contributed by atoms with E-state index in [2.05, 4.69) is 16.0 Å². The molecule has 0 atom stereocenters. The Morgan fingerprint density at radius 1 is 0.900 bits per heavy atom. The fourth-order valence-corrected chi connectivity index (χ4v) is 4.33. The second kappa shape index (κ2) is 7.84. The maximum Gasteiger partial charge on any atom is 0.257 e. The van der Waals surface area contributed by atoms with Gasteiger partial charge in [-0.15, -0.1) is 0 Å². The van der Waals surface area contributed by atoms with Crippen LogP contribution in [0.1, 0.15) is 22.3 Å². The van der Waals surface area contributed by atoms with Gasteiger partial charge < -0.3 is 0 Å². The van der Waals surface area contributed by atoms with Gasteiger partial charge in [0.2, 0.25) is 0 Å². The van der Waals surface area contributed by atoms with E-state index in [0.29, 0.717) is 25.2 Å². The summed E-state index contributed by atoms with van der Waals surface area (Å²) in [6.07, 6.45) is 2.50. The van der Waals surface area contributed by atoms with Gasteiger partial charge in [-0.25, -0.2) is 9.37 Å². The quantitative estimate of drug-likeness (QED) is 0.518. The van der Waals surface area contributed by atoms with Crippen LogP contribution in [0.3, 0.4) is 0 Å². The molecule has 5 heteroatoms. The fraction of sp³-hybridized carbons (Fsp3) is 0.200. The lowest BCUT2D eigenvalue weighted by atomic mass is 9.97. The summed E-state index contributed by atoms with van der Waals surface area (Å²) in [5.41, 5.74) is 4.33. The lowest BCUT2D eigenvalue weighted by molar-refractivity contribution is 0.241. The number of benzene rings is 2. The summed E-state index contributed by atoms with van der Waals surface area (Å²) in [5, 5.41) is 1.04. The molecule has 2 aromatic carbocycles. The van der Waals surface area contributed by atoms with Crippen LogP contribution in [0, 0.1) is 5.82 Å². The summed E-state index contributed by atoms with van der Waals surface area (Å²) in [6.45, 7) is 2.28. The van der Waals surface area contributed by atoms with Crippen molar-refractivity contribution in [3.05, 3.63) is 111 Å². The Morgan fingerprint density at radius 2 is 1.70 bits per heavy atom. The normalized spacial score (nSPS) is 14.0. The van der Waals surface area contributed by atoms with Crippen molar-refractivity contribution in [3.8, 4) is 0 Å². The maximum atomic E-state index is 14.1. The van der Waals surface area contributed by atoms with Crippen LogP contribution in [0.2, 0.25) is 0 Å². The van der Waals surface area contributed by atoms with Gasteiger partial charge in [-0.2, -0.15) is 0 Å². The molecule has 150 valence electrons. The van der Waals surface area contributed by atoms with E-state index < -0.39 is 0 Å². The van der Waals surface area contributed by atoms with E-state index in [1.54, 1.807) is 16.8 Å². The third-order valence-electron chi connectivity index (χ3n) is 5.83.